The number of hydrogen-bond donors (Lipinski definition) is 3. The van der Waals surface area contributed by atoms with Gasteiger partial charge in [0, 0.05) is 0 Å². The number of nitrogens with zero attached hydrogens (tertiary/aromatic N) is 1. The van der Waals surface area contributed by atoms with E-state index in [2.05, 4.69) is 40.7 Å². The van der Waals surface area contributed by atoms with E-state index in [1.54, 1.807) is 20.1 Å². The van der Waals surface area contributed by atoms with Gasteiger partial charge in [-0.05, 0) is 20.1 Å². The Bertz CT molecular complexity index is 429. The Morgan fingerprint density at radius 3 is 1.60 bits per heavy atom. The lowest BCUT2D eigenvalue weighted by Gasteiger charge is -2.02. The monoisotopic (exact) mass is 384 g/mol. The summed E-state index contributed by atoms with van der Waals surface area (Å²) >= 11 is 1.09. The maximum Gasteiger partial charge on any atom is 0.435 e. The number of amidine groups is 1. The van der Waals surface area contributed by atoms with Crippen LogP contribution < -0.4 is 16.8 Å². The van der Waals surface area contributed by atoms with Gasteiger partial charge in [0.1, 0.15) is 0 Å². The molecular weight excluding hydrogens is 360 g/mol. The van der Waals surface area contributed by atoms with Crippen LogP contribution in [0.5, 0.6) is 0 Å². The molecule has 0 radical (unpaired) electrons. The summed E-state index contributed by atoms with van der Waals surface area (Å²) in [5.74, 6) is 0. The SMILES string of the molecule is CCOC(N)=O.CCOC(N)=O.COC(=O)N=C(NC(=O)OC)SC. The van der Waals surface area contributed by atoms with Crippen molar-refractivity contribution in [2.45, 2.75) is 13.8 Å². The normalized spacial score (nSPS) is 9.08. The molecule has 0 rings (SSSR count). The minimum Gasteiger partial charge on any atom is -0.453 e. The van der Waals surface area contributed by atoms with E-state index in [1.807, 2.05) is 0 Å². The average molecular weight is 384 g/mol. The molecule has 0 heterocycles. The minimum absolute atomic E-state index is 0.124. The molecule has 0 aromatic carbocycles. The van der Waals surface area contributed by atoms with Gasteiger partial charge in [-0.15, -0.1) is 0 Å². The number of amides is 4. The topological polar surface area (TPSA) is 182 Å². The zero-order chi connectivity index (χ0) is 20.3. The number of primary amides is 2. The first-order chi connectivity index (χ1) is 11.7. The number of aliphatic imine (C=N–C) groups is 1. The van der Waals surface area contributed by atoms with Crippen molar-refractivity contribution >= 4 is 41.3 Å². The third-order valence-electron chi connectivity index (χ3n) is 1.53. The zero-order valence-corrected chi connectivity index (χ0v) is 15.5. The van der Waals surface area contributed by atoms with Gasteiger partial charge < -0.3 is 30.4 Å². The highest BCUT2D eigenvalue weighted by Crippen LogP contribution is 1.96. The van der Waals surface area contributed by atoms with E-state index in [0.29, 0.717) is 13.2 Å². The quantitative estimate of drug-likeness (QED) is 0.355. The highest BCUT2D eigenvalue weighted by atomic mass is 32.2. The third-order valence-corrected chi connectivity index (χ3v) is 2.11. The van der Waals surface area contributed by atoms with Gasteiger partial charge in [-0.3, -0.25) is 5.32 Å². The van der Waals surface area contributed by atoms with Gasteiger partial charge in [0.05, 0.1) is 27.4 Å². The number of carbonyl (C=O) groups is 4. The van der Waals surface area contributed by atoms with Crippen LogP contribution in [0.4, 0.5) is 19.2 Å². The Hall–Kier alpha value is -2.70. The number of hydrogen-bond acceptors (Lipinski definition) is 9. The van der Waals surface area contributed by atoms with E-state index in [0.717, 1.165) is 11.8 Å². The zero-order valence-electron chi connectivity index (χ0n) is 14.7. The summed E-state index contributed by atoms with van der Waals surface area (Å²) in [5.41, 5.74) is 9.08. The summed E-state index contributed by atoms with van der Waals surface area (Å²) in [7, 11) is 2.41. The molecule has 0 aliphatic heterocycles. The molecule has 0 aromatic rings. The summed E-state index contributed by atoms with van der Waals surface area (Å²) in [6, 6.07) is 0. The number of carbonyl (C=O) groups excluding carboxylic acids is 4. The number of methoxy groups -OCH3 is 2. The lowest BCUT2D eigenvalue weighted by atomic mass is 10.9. The van der Waals surface area contributed by atoms with Crippen molar-refractivity contribution in [1.29, 1.82) is 0 Å². The van der Waals surface area contributed by atoms with Crippen LogP contribution in [-0.2, 0) is 18.9 Å². The molecule has 0 saturated heterocycles. The lowest BCUT2D eigenvalue weighted by Crippen LogP contribution is -2.28. The molecule has 0 fully saturated rings. The van der Waals surface area contributed by atoms with E-state index in [-0.39, 0.29) is 5.17 Å². The van der Waals surface area contributed by atoms with Crippen molar-refractivity contribution in [1.82, 2.24) is 5.32 Å². The molecule has 146 valence electrons. The summed E-state index contributed by atoms with van der Waals surface area (Å²) in [6.45, 7) is 4.11. The molecule has 0 atom stereocenters. The van der Waals surface area contributed by atoms with Crippen LogP contribution in [-0.4, -0.2) is 63.2 Å². The van der Waals surface area contributed by atoms with Gasteiger partial charge in [-0.25, -0.2) is 19.2 Å². The minimum atomic E-state index is -0.777. The fraction of sp³-hybridized carbons (Fsp3) is 0.583. The predicted octanol–water partition coefficient (Wildman–Crippen LogP) is 1.03. The standard InChI is InChI=1S/C6H10N2O4S.2C3H7NO2/c1-11-5(9)7-4(13-3)8-6(10)12-2;2*1-2-6-3(4)5/h1-3H3,(H,7,8,9,10);2*2H2,1H3,(H2,4,5). The van der Waals surface area contributed by atoms with Crippen molar-refractivity contribution in [2.75, 3.05) is 33.7 Å². The predicted molar refractivity (Wildman–Crippen MR) is 91.3 cm³/mol. The molecule has 0 aliphatic carbocycles. The molecule has 0 unspecified atom stereocenters. The first kappa shape index (κ1) is 27.2. The molecule has 0 spiro atoms. The molecule has 0 aliphatic rings. The maximum absolute atomic E-state index is 10.7. The Kier molecular flexibility index (Phi) is 21.0. The Morgan fingerprint density at radius 1 is 0.960 bits per heavy atom. The highest BCUT2D eigenvalue weighted by molar-refractivity contribution is 8.13. The summed E-state index contributed by atoms with van der Waals surface area (Å²) in [4.78, 5) is 43.9. The summed E-state index contributed by atoms with van der Waals surface area (Å²) in [5, 5.41) is 2.36. The summed E-state index contributed by atoms with van der Waals surface area (Å²) < 4.78 is 16.9. The Labute approximate surface area is 149 Å². The molecule has 13 heteroatoms. The molecule has 5 N–H and O–H groups in total. The van der Waals surface area contributed by atoms with E-state index in [9.17, 15) is 19.2 Å². The van der Waals surface area contributed by atoms with Crippen LogP contribution in [0.25, 0.3) is 0 Å². The van der Waals surface area contributed by atoms with E-state index in [1.165, 1.54) is 14.2 Å². The molecule has 12 nitrogen and oxygen atoms in total. The van der Waals surface area contributed by atoms with Crippen LogP contribution in [0.3, 0.4) is 0 Å². The average Bonchev–Trinajstić information content (AvgIpc) is 2.54. The van der Waals surface area contributed by atoms with Gasteiger partial charge >= 0.3 is 24.4 Å². The van der Waals surface area contributed by atoms with Crippen LogP contribution in [0.1, 0.15) is 13.8 Å². The number of alkyl carbamates (subject to hydrolysis) is 1. The first-order valence-electron chi connectivity index (χ1n) is 6.58. The van der Waals surface area contributed by atoms with Gasteiger partial charge in [0.2, 0.25) is 0 Å². The number of rotatable bonds is 2. The number of nitrogens with one attached hydrogen (secondary N) is 1. The second kappa shape index (κ2) is 19.3. The van der Waals surface area contributed by atoms with Crippen LogP contribution in [0.15, 0.2) is 4.99 Å². The van der Waals surface area contributed by atoms with Crippen molar-refractivity contribution < 1.29 is 38.1 Å². The molecule has 0 bridgehead atoms. The smallest absolute Gasteiger partial charge is 0.435 e. The molecular formula is C12H24N4O8S. The second-order valence-electron chi connectivity index (χ2n) is 3.21. The molecule has 0 aromatic heterocycles. The van der Waals surface area contributed by atoms with E-state index in [4.69, 9.17) is 0 Å². The molecule has 25 heavy (non-hydrogen) atoms. The highest BCUT2D eigenvalue weighted by Gasteiger charge is 2.06. The third kappa shape index (κ3) is 26.5. The van der Waals surface area contributed by atoms with Crippen molar-refractivity contribution in [2.24, 2.45) is 16.5 Å². The van der Waals surface area contributed by atoms with Crippen LogP contribution >= 0.6 is 11.8 Å². The Morgan fingerprint density at radius 2 is 1.40 bits per heavy atom. The van der Waals surface area contributed by atoms with Crippen molar-refractivity contribution in [3.05, 3.63) is 0 Å². The van der Waals surface area contributed by atoms with E-state index < -0.39 is 24.4 Å². The first-order valence-corrected chi connectivity index (χ1v) is 7.80. The van der Waals surface area contributed by atoms with Gasteiger partial charge in [0.15, 0.2) is 5.17 Å². The van der Waals surface area contributed by atoms with Crippen LogP contribution in [0.2, 0.25) is 0 Å². The fourth-order valence-corrected chi connectivity index (χ4v) is 1.03. The van der Waals surface area contributed by atoms with Crippen molar-refractivity contribution in [3.8, 4) is 0 Å². The number of nitrogens with two attached hydrogens (primary N) is 2. The fourth-order valence-electron chi connectivity index (χ4n) is 0.676. The maximum atomic E-state index is 10.7. The van der Waals surface area contributed by atoms with Gasteiger partial charge in [-0.2, -0.15) is 4.99 Å². The summed E-state index contributed by atoms with van der Waals surface area (Å²) in [6.07, 6.45) is -1.23. The number of ether oxygens (including phenoxy) is 4. The van der Waals surface area contributed by atoms with Crippen LogP contribution in [0, 0.1) is 0 Å². The number of thioether (sulfide) groups is 1. The van der Waals surface area contributed by atoms with Crippen molar-refractivity contribution in [3.63, 3.8) is 0 Å². The second-order valence-corrected chi connectivity index (χ2v) is 4.01. The van der Waals surface area contributed by atoms with E-state index >= 15 is 0 Å². The molecule has 0 saturated carbocycles. The largest absolute Gasteiger partial charge is 0.453 e. The van der Waals surface area contributed by atoms with Gasteiger partial charge in [0.25, 0.3) is 0 Å². The van der Waals surface area contributed by atoms with Gasteiger partial charge in [-0.1, -0.05) is 11.8 Å². The molecule has 4 amide bonds. The Balaban J connectivity index is -0.000000336. The lowest BCUT2D eigenvalue weighted by molar-refractivity contribution is 0.162.